The summed E-state index contributed by atoms with van der Waals surface area (Å²) in [6.07, 6.45) is 0. The maximum absolute atomic E-state index is 9.59. The zero-order valence-electron chi connectivity index (χ0n) is 17.3. The number of hydrogen-bond donors (Lipinski definition) is 1. The molecule has 5 aromatic rings. The topological polar surface area (TPSA) is 90.8 Å². The van der Waals surface area contributed by atoms with Crippen molar-refractivity contribution in [1.82, 2.24) is 9.97 Å². The number of aliphatic hydroxyl groups is 1. The average molecular weight is 416 g/mol. The van der Waals surface area contributed by atoms with Crippen LogP contribution in [0.3, 0.4) is 0 Å². The molecule has 7 nitrogen and oxygen atoms in total. The van der Waals surface area contributed by atoms with Crippen molar-refractivity contribution in [1.29, 1.82) is 0 Å². The first-order valence-electron chi connectivity index (χ1n) is 9.74. The molecule has 0 atom stereocenters. The minimum atomic E-state index is -0.125. The van der Waals surface area contributed by atoms with Crippen LogP contribution >= 0.6 is 0 Å². The first-order valence-corrected chi connectivity index (χ1v) is 9.74. The largest absolute Gasteiger partial charge is 0.496 e. The monoisotopic (exact) mass is 416 g/mol. The predicted molar refractivity (Wildman–Crippen MR) is 116 cm³/mol. The number of rotatable bonds is 5. The Morgan fingerprint density at radius 2 is 1.52 bits per heavy atom. The number of aliphatic hydroxyl groups excluding tert-OH is 1. The molecule has 2 heterocycles. The summed E-state index contributed by atoms with van der Waals surface area (Å²) in [4.78, 5) is 9.18. The zero-order chi connectivity index (χ0) is 21.5. The Morgan fingerprint density at radius 3 is 2.19 bits per heavy atom. The van der Waals surface area contributed by atoms with Gasteiger partial charge in [-0.15, -0.1) is 0 Å². The van der Waals surface area contributed by atoms with Crippen LogP contribution in [-0.2, 0) is 6.61 Å². The highest BCUT2D eigenvalue weighted by Gasteiger charge is 2.21. The number of aryl methyl sites for hydroxylation is 1. The molecule has 0 aliphatic heterocycles. The predicted octanol–water partition coefficient (Wildman–Crippen LogP) is 5.12. The van der Waals surface area contributed by atoms with Gasteiger partial charge in [0.1, 0.15) is 22.5 Å². The Balaban J connectivity index is 1.68. The zero-order valence-corrected chi connectivity index (χ0v) is 17.3. The van der Waals surface area contributed by atoms with Gasteiger partial charge in [-0.25, -0.2) is 9.97 Å². The summed E-state index contributed by atoms with van der Waals surface area (Å²) in [7, 11) is 3.16. The first-order chi connectivity index (χ1) is 15.1. The van der Waals surface area contributed by atoms with Gasteiger partial charge in [-0.2, -0.15) is 0 Å². The third-order valence-corrected chi connectivity index (χ3v) is 5.20. The van der Waals surface area contributed by atoms with Crippen molar-refractivity contribution in [2.45, 2.75) is 13.5 Å². The fraction of sp³-hybridized carbons (Fsp3) is 0.167. The number of hydrogen-bond acceptors (Lipinski definition) is 7. The summed E-state index contributed by atoms with van der Waals surface area (Å²) >= 11 is 0. The molecule has 0 bridgehead atoms. The molecule has 5 rings (SSSR count). The van der Waals surface area contributed by atoms with Crippen molar-refractivity contribution in [3.63, 3.8) is 0 Å². The summed E-state index contributed by atoms with van der Waals surface area (Å²) in [6, 6.07) is 14.9. The van der Waals surface area contributed by atoms with Gasteiger partial charge >= 0.3 is 0 Å². The Hall–Kier alpha value is -3.84. The van der Waals surface area contributed by atoms with Crippen molar-refractivity contribution in [3.8, 4) is 34.4 Å². The smallest absolute Gasteiger partial charge is 0.231 e. The molecule has 156 valence electrons. The van der Waals surface area contributed by atoms with Crippen LogP contribution in [0.25, 0.3) is 45.1 Å². The van der Waals surface area contributed by atoms with Crippen LogP contribution in [0.4, 0.5) is 0 Å². The number of methoxy groups -OCH3 is 2. The van der Waals surface area contributed by atoms with Gasteiger partial charge in [0.05, 0.1) is 32.0 Å². The highest BCUT2D eigenvalue weighted by Crippen LogP contribution is 2.41. The van der Waals surface area contributed by atoms with Gasteiger partial charge in [0.2, 0.25) is 11.8 Å². The minimum absolute atomic E-state index is 0.125. The van der Waals surface area contributed by atoms with E-state index in [2.05, 4.69) is 9.97 Å². The molecule has 0 fully saturated rings. The van der Waals surface area contributed by atoms with E-state index in [0.29, 0.717) is 56.7 Å². The maximum atomic E-state index is 9.59. The van der Waals surface area contributed by atoms with Gasteiger partial charge in [0.25, 0.3) is 0 Å². The number of para-hydroxylation sites is 1. The van der Waals surface area contributed by atoms with E-state index in [4.69, 9.17) is 18.3 Å². The summed E-state index contributed by atoms with van der Waals surface area (Å²) in [5, 5.41) is 9.59. The van der Waals surface area contributed by atoms with E-state index in [-0.39, 0.29) is 6.61 Å². The molecular formula is C24H20N2O5. The highest BCUT2D eigenvalue weighted by molar-refractivity contribution is 5.84. The van der Waals surface area contributed by atoms with E-state index in [0.717, 1.165) is 11.1 Å². The van der Waals surface area contributed by atoms with Crippen LogP contribution in [0.2, 0.25) is 0 Å². The first kappa shape index (κ1) is 19.1. The van der Waals surface area contributed by atoms with Gasteiger partial charge in [0.15, 0.2) is 11.2 Å². The molecule has 3 aromatic carbocycles. The van der Waals surface area contributed by atoms with Gasteiger partial charge in [0, 0.05) is 5.56 Å². The third-order valence-electron chi connectivity index (χ3n) is 5.20. The molecule has 2 aromatic heterocycles. The lowest BCUT2D eigenvalue weighted by molar-refractivity contribution is 0.283. The molecule has 0 saturated heterocycles. The van der Waals surface area contributed by atoms with Crippen LogP contribution < -0.4 is 9.47 Å². The van der Waals surface area contributed by atoms with Crippen molar-refractivity contribution in [2.24, 2.45) is 0 Å². The highest BCUT2D eigenvalue weighted by atomic mass is 16.5. The Labute approximate surface area is 177 Å². The van der Waals surface area contributed by atoms with Crippen LogP contribution in [0.1, 0.15) is 11.1 Å². The second-order valence-corrected chi connectivity index (χ2v) is 7.18. The van der Waals surface area contributed by atoms with E-state index in [1.807, 2.05) is 43.3 Å². The SMILES string of the molecule is COc1cc(-c2nc3c(CO)cccc3o2)c(OC)cc1-c1nc2ccc(C)cc2o1. The normalized spacial score (nSPS) is 11.4. The fourth-order valence-corrected chi connectivity index (χ4v) is 3.63. The van der Waals surface area contributed by atoms with E-state index < -0.39 is 0 Å². The molecule has 0 unspecified atom stereocenters. The number of aromatic nitrogens is 2. The number of oxazole rings is 2. The number of nitrogens with zero attached hydrogens (tertiary/aromatic N) is 2. The second-order valence-electron chi connectivity index (χ2n) is 7.18. The van der Waals surface area contributed by atoms with Crippen molar-refractivity contribution in [2.75, 3.05) is 14.2 Å². The van der Waals surface area contributed by atoms with E-state index in [1.54, 1.807) is 26.4 Å². The van der Waals surface area contributed by atoms with E-state index in [9.17, 15) is 5.11 Å². The summed E-state index contributed by atoms with van der Waals surface area (Å²) in [5.74, 6) is 1.88. The van der Waals surface area contributed by atoms with Crippen LogP contribution in [-0.4, -0.2) is 29.3 Å². The van der Waals surface area contributed by atoms with Crippen LogP contribution in [0, 0.1) is 6.92 Å². The molecule has 0 radical (unpaired) electrons. The number of ether oxygens (including phenoxy) is 2. The molecule has 0 spiro atoms. The third kappa shape index (κ3) is 3.19. The number of fused-ring (bicyclic) bond motifs is 2. The molecular weight excluding hydrogens is 396 g/mol. The molecule has 7 heteroatoms. The lowest BCUT2D eigenvalue weighted by Gasteiger charge is -2.11. The Kier molecular flexibility index (Phi) is 4.60. The van der Waals surface area contributed by atoms with Crippen molar-refractivity contribution < 1.29 is 23.4 Å². The van der Waals surface area contributed by atoms with Gasteiger partial charge in [-0.1, -0.05) is 18.2 Å². The van der Waals surface area contributed by atoms with Crippen LogP contribution in [0.15, 0.2) is 57.4 Å². The van der Waals surface area contributed by atoms with Crippen molar-refractivity contribution >= 4 is 22.2 Å². The van der Waals surface area contributed by atoms with Crippen molar-refractivity contribution in [3.05, 3.63) is 59.7 Å². The molecule has 0 saturated carbocycles. The lowest BCUT2D eigenvalue weighted by atomic mass is 10.1. The molecule has 31 heavy (non-hydrogen) atoms. The van der Waals surface area contributed by atoms with Gasteiger partial charge in [-0.3, -0.25) is 0 Å². The lowest BCUT2D eigenvalue weighted by Crippen LogP contribution is -1.94. The fourth-order valence-electron chi connectivity index (χ4n) is 3.63. The van der Waals surface area contributed by atoms with Gasteiger partial charge in [-0.05, 0) is 42.8 Å². The summed E-state index contributed by atoms with van der Waals surface area (Å²) < 4.78 is 23.2. The maximum Gasteiger partial charge on any atom is 0.231 e. The molecule has 0 amide bonds. The summed E-state index contributed by atoms with van der Waals surface area (Å²) in [6.45, 7) is 1.88. The van der Waals surface area contributed by atoms with E-state index in [1.165, 1.54) is 0 Å². The Bertz CT molecular complexity index is 1420. The quantitative estimate of drug-likeness (QED) is 0.425. The van der Waals surface area contributed by atoms with Crippen LogP contribution in [0.5, 0.6) is 11.5 Å². The Morgan fingerprint density at radius 1 is 0.839 bits per heavy atom. The summed E-state index contributed by atoms with van der Waals surface area (Å²) in [5.41, 5.74) is 5.72. The molecule has 0 aliphatic carbocycles. The second kappa shape index (κ2) is 7.45. The average Bonchev–Trinajstić information content (AvgIpc) is 3.41. The number of benzene rings is 3. The van der Waals surface area contributed by atoms with E-state index >= 15 is 0 Å². The van der Waals surface area contributed by atoms with Gasteiger partial charge < -0.3 is 23.4 Å². The standard InChI is InChI=1S/C24H20N2O5/c1-13-7-8-17-21(9-13)31-23(25-17)15-10-20(29-3)16(11-19(15)28-2)24-26-22-14(12-27)5-4-6-18(22)30-24/h4-11,27H,12H2,1-3H3. The molecule has 0 aliphatic rings. The minimum Gasteiger partial charge on any atom is -0.496 e. The molecule has 1 N–H and O–H groups in total.